The van der Waals surface area contributed by atoms with Crippen LogP contribution in [0, 0.1) is 18.3 Å². The predicted molar refractivity (Wildman–Crippen MR) is 112 cm³/mol. The normalized spacial score (nSPS) is 26.1. The van der Waals surface area contributed by atoms with Gasteiger partial charge in [0.1, 0.15) is 0 Å². The number of ether oxygens (including phenoxy) is 2. The molecule has 6 nitrogen and oxygen atoms in total. The van der Waals surface area contributed by atoms with Gasteiger partial charge in [0.05, 0.1) is 13.0 Å². The number of pyridine rings is 1. The summed E-state index contributed by atoms with van der Waals surface area (Å²) in [7, 11) is 1.61. The van der Waals surface area contributed by atoms with Crippen molar-refractivity contribution < 1.29 is 23.0 Å². The standard InChI is InChI=1S/C23H33F2N3O3/c1-17-12-18(13-26-20(17)30-2)14-27-15-19(22(16-27)6-10-31-11-7-22)21(29)28-8-3-4-23(24,25)5-9-28/h12-13,19H,3-11,14-16H2,1-2H3/t19-/m1/s1. The Morgan fingerprint density at radius 2 is 2.03 bits per heavy atom. The average Bonchev–Trinajstić information content (AvgIpc) is 2.95. The van der Waals surface area contributed by atoms with Crippen molar-refractivity contribution in [3.63, 3.8) is 0 Å². The molecule has 3 aliphatic heterocycles. The summed E-state index contributed by atoms with van der Waals surface area (Å²) < 4.78 is 38.5. The summed E-state index contributed by atoms with van der Waals surface area (Å²) in [6.45, 7) is 6.04. The van der Waals surface area contributed by atoms with Crippen LogP contribution in [0.1, 0.15) is 43.2 Å². The summed E-state index contributed by atoms with van der Waals surface area (Å²) in [5, 5.41) is 0. The number of carbonyl (C=O) groups is 1. The maximum Gasteiger partial charge on any atom is 0.249 e. The van der Waals surface area contributed by atoms with E-state index in [2.05, 4.69) is 16.0 Å². The smallest absolute Gasteiger partial charge is 0.249 e. The molecular formula is C23H33F2N3O3. The number of methoxy groups -OCH3 is 1. The number of halogens is 2. The van der Waals surface area contributed by atoms with Crippen LogP contribution in [0.15, 0.2) is 12.3 Å². The first-order chi connectivity index (χ1) is 14.8. The number of alkyl halides is 2. The second-order valence-corrected chi connectivity index (χ2v) is 9.40. The molecule has 0 N–H and O–H groups in total. The zero-order valence-corrected chi connectivity index (χ0v) is 18.5. The van der Waals surface area contributed by atoms with Crippen LogP contribution < -0.4 is 4.74 Å². The van der Waals surface area contributed by atoms with E-state index in [1.807, 2.05) is 13.1 Å². The average molecular weight is 438 g/mol. The van der Waals surface area contributed by atoms with Crippen LogP contribution in [0.25, 0.3) is 0 Å². The van der Waals surface area contributed by atoms with E-state index in [0.717, 1.165) is 30.5 Å². The fraction of sp³-hybridized carbons (Fsp3) is 0.739. The Balaban J connectivity index is 1.50. The first-order valence-corrected chi connectivity index (χ1v) is 11.3. The molecule has 3 aliphatic rings. The fourth-order valence-electron chi connectivity index (χ4n) is 5.50. The predicted octanol–water partition coefficient (Wildman–Crippen LogP) is 3.28. The summed E-state index contributed by atoms with van der Waals surface area (Å²) in [4.78, 5) is 22.0. The molecule has 0 aliphatic carbocycles. The van der Waals surface area contributed by atoms with Crippen LogP contribution in [0.4, 0.5) is 8.78 Å². The maximum atomic E-state index is 13.8. The second kappa shape index (κ2) is 8.98. The minimum atomic E-state index is -2.66. The molecule has 0 radical (unpaired) electrons. The van der Waals surface area contributed by atoms with Crippen LogP contribution in [-0.4, -0.2) is 73.1 Å². The summed E-state index contributed by atoms with van der Waals surface area (Å²) >= 11 is 0. The topological polar surface area (TPSA) is 54.9 Å². The number of aryl methyl sites for hydroxylation is 1. The number of aromatic nitrogens is 1. The Morgan fingerprint density at radius 3 is 2.74 bits per heavy atom. The molecule has 172 valence electrons. The van der Waals surface area contributed by atoms with Gasteiger partial charge in [-0.25, -0.2) is 13.8 Å². The van der Waals surface area contributed by atoms with Gasteiger partial charge in [0.15, 0.2) is 0 Å². The van der Waals surface area contributed by atoms with Crippen LogP contribution in [0.2, 0.25) is 0 Å². The van der Waals surface area contributed by atoms with E-state index in [4.69, 9.17) is 9.47 Å². The van der Waals surface area contributed by atoms with Crippen LogP contribution in [0.3, 0.4) is 0 Å². The number of nitrogens with zero attached hydrogens (tertiary/aromatic N) is 3. The highest BCUT2D eigenvalue weighted by atomic mass is 19.3. The molecule has 3 saturated heterocycles. The van der Waals surface area contributed by atoms with Gasteiger partial charge in [-0.05, 0) is 37.8 Å². The minimum absolute atomic E-state index is 0.0473. The van der Waals surface area contributed by atoms with Gasteiger partial charge in [-0.2, -0.15) is 0 Å². The van der Waals surface area contributed by atoms with Gasteiger partial charge >= 0.3 is 0 Å². The molecule has 1 spiro atoms. The molecule has 1 amide bonds. The molecule has 0 aromatic carbocycles. The number of likely N-dealkylation sites (tertiary alicyclic amines) is 2. The second-order valence-electron chi connectivity index (χ2n) is 9.40. The molecular weight excluding hydrogens is 404 g/mol. The van der Waals surface area contributed by atoms with Crippen molar-refractivity contribution in [3.05, 3.63) is 23.4 Å². The van der Waals surface area contributed by atoms with Gasteiger partial charge in [0.2, 0.25) is 17.7 Å². The third kappa shape index (κ3) is 4.85. The highest BCUT2D eigenvalue weighted by molar-refractivity contribution is 5.80. The first-order valence-electron chi connectivity index (χ1n) is 11.3. The van der Waals surface area contributed by atoms with E-state index in [1.54, 1.807) is 12.0 Å². The zero-order valence-electron chi connectivity index (χ0n) is 18.5. The van der Waals surface area contributed by atoms with Crippen molar-refractivity contribution in [1.82, 2.24) is 14.8 Å². The van der Waals surface area contributed by atoms with Gasteiger partial charge < -0.3 is 14.4 Å². The van der Waals surface area contributed by atoms with Gasteiger partial charge in [0.25, 0.3) is 0 Å². The third-order valence-electron chi connectivity index (χ3n) is 7.22. The monoisotopic (exact) mass is 437 g/mol. The highest BCUT2D eigenvalue weighted by Crippen LogP contribution is 2.46. The fourth-order valence-corrected chi connectivity index (χ4v) is 5.50. The third-order valence-corrected chi connectivity index (χ3v) is 7.22. The van der Waals surface area contributed by atoms with Crippen LogP contribution >= 0.6 is 0 Å². The number of rotatable bonds is 4. The number of carbonyl (C=O) groups excluding carboxylic acids is 1. The lowest BCUT2D eigenvalue weighted by Crippen LogP contribution is -2.46. The molecule has 1 atom stereocenters. The molecule has 4 rings (SSSR count). The summed E-state index contributed by atoms with van der Waals surface area (Å²) in [6, 6.07) is 2.08. The van der Waals surface area contributed by atoms with Crippen LogP contribution in [-0.2, 0) is 16.1 Å². The van der Waals surface area contributed by atoms with Crippen molar-refractivity contribution in [3.8, 4) is 5.88 Å². The van der Waals surface area contributed by atoms with Gasteiger partial charge in [0, 0.05) is 76.0 Å². The van der Waals surface area contributed by atoms with Crippen LogP contribution in [0.5, 0.6) is 5.88 Å². The van der Waals surface area contributed by atoms with E-state index in [0.29, 0.717) is 45.1 Å². The molecule has 1 aromatic rings. The first kappa shape index (κ1) is 22.4. The minimum Gasteiger partial charge on any atom is -0.481 e. The molecule has 0 unspecified atom stereocenters. The van der Waals surface area contributed by atoms with Gasteiger partial charge in [-0.3, -0.25) is 9.69 Å². The van der Waals surface area contributed by atoms with E-state index in [-0.39, 0.29) is 36.6 Å². The molecule has 8 heteroatoms. The molecule has 1 aromatic heterocycles. The zero-order chi connectivity index (χ0) is 22.1. The van der Waals surface area contributed by atoms with Crippen molar-refractivity contribution >= 4 is 5.91 Å². The number of amides is 1. The summed E-state index contributed by atoms with van der Waals surface area (Å²) in [5.41, 5.74) is 1.93. The molecule has 0 bridgehead atoms. The molecule has 31 heavy (non-hydrogen) atoms. The lowest BCUT2D eigenvalue weighted by atomic mass is 9.71. The molecule has 0 saturated carbocycles. The Morgan fingerprint density at radius 1 is 1.26 bits per heavy atom. The lowest BCUT2D eigenvalue weighted by molar-refractivity contribution is -0.140. The van der Waals surface area contributed by atoms with Gasteiger partial charge in [-0.15, -0.1) is 0 Å². The van der Waals surface area contributed by atoms with E-state index >= 15 is 0 Å². The maximum absolute atomic E-state index is 13.8. The van der Waals surface area contributed by atoms with Crippen molar-refractivity contribution in [2.45, 2.75) is 51.5 Å². The Bertz CT molecular complexity index is 798. The van der Waals surface area contributed by atoms with Crippen molar-refractivity contribution in [1.29, 1.82) is 0 Å². The Hall–Kier alpha value is -1.80. The summed E-state index contributed by atoms with van der Waals surface area (Å²) in [6.07, 6.45) is 3.50. The van der Waals surface area contributed by atoms with Crippen molar-refractivity contribution in [2.24, 2.45) is 11.3 Å². The van der Waals surface area contributed by atoms with E-state index < -0.39 is 5.92 Å². The van der Waals surface area contributed by atoms with Crippen molar-refractivity contribution in [2.75, 3.05) is 46.5 Å². The molecule has 3 fully saturated rings. The molecule has 4 heterocycles. The highest BCUT2D eigenvalue weighted by Gasteiger charge is 2.51. The van der Waals surface area contributed by atoms with Gasteiger partial charge in [-0.1, -0.05) is 0 Å². The Labute approximate surface area is 182 Å². The van der Waals surface area contributed by atoms with E-state index in [1.165, 1.54) is 0 Å². The SMILES string of the molecule is COc1ncc(CN2C[C@H](C(=O)N3CCCC(F)(F)CC3)C3(CCOCC3)C2)cc1C. The van der Waals surface area contributed by atoms with E-state index in [9.17, 15) is 13.6 Å². The number of hydrogen-bond donors (Lipinski definition) is 0. The summed E-state index contributed by atoms with van der Waals surface area (Å²) in [5.74, 6) is -2.16. The lowest BCUT2D eigenvalue weighted by Gasteiger charge is -2.39. The number of hydrogen-bond acceptors (Lipinski definition) is 5. The Kier molecular flexibility index (Phi) is 6.49. The quantitative estimate of drug-likeness (QED) is 0.724. The largest absolute Gasteiger partial charge is 0.481 e.